The van der Waals surface area contributed by atoms with E-state index in [0.717, 1.165) is 18.6 Å². The molecule has 7 heteroatoms. The van der Waals surface area contributed by atoms with E-state index in [2.05, 4.69) is 4.72 Å². The molecule has 0 saturated heterocycles. The molecule has 0 bridgehead atoms. The van der Waals surface area contributed by atoms with Crippen LogP contribution in [0.25, 0.3) is 0 Å². The van der Waals surface area contributed by atoms with Gasteiger partial charge in [0.05, 0.1) is 5.60 Å². The molecule has 2 rings (SSSR count). The topological polar surface area (TPSA) is 92.4 Å². The van der Waals surface area contributed by atoms with Crippen LogP contribution in [0.5, 0.6) is 0 Å². The van der Waals surface area contributed by atoms with Gasteiger partial charge in [0, 0.05) is 12.2 Å². The van der Waals surface area contributed by atoms with Crippen LogP contribution in [0, 0.1) is 5.82 Å². The molecule has 0 radical (unpaired) electrons. The van der Waals surface area contributed by atoms with Gasteiger partial charge in [-0.1, -0.05) is 0 Å². The van der Waals surface area contributed by atoms with Crippen LogP contribution in [-0.2, 0) is 10.0 Å². The number of halogens is 1. The Morgan fingerprint density at radius 3 is 2.67 bits per heavy atom. The van der Waals surface area contributed by atoms with Crippen LogP contribution in [0.1, 0.15) is 19.3 Å². The molecule has 1 aromatic rings. The molecule has 18 heavy (non-hydrogen) atoms. The summed E-state index contributed by atoms with van der Waals surface area (Å²) < 4.78 is 39.4. The summed E-state index contributed by atoms with van der Waals surface area (Å²) in [6.45, 7) is -0.108. The van der Waals surface area contributed by atoms with E-state index >= 15 is 0 Å². The van der Waals surface area contributed by atoms with E-state index < -0.39 is 26.3 Å². The van der Waals surface area contributed by atoms with Crippen molar-refractivity contribution in [3.63, 3.8) is 0 Å². The minimum absolute atomic E-state index is 0.108. The third-order valence-electron chi connectivity index (χ3n) is 3.12. The van der Waals surface area contributed by atoms with Crippen LogP contribution < -0.4 is 10.5 Å². The molecule has 1 aliphatic rings. The first-order chi connectivity index (χ1) is 8.32. The first-order valence-corrected chi connectivity index (χ1v) is 7.08. The number of aliphatic hydroxyl groups is 1. The molecule has 1 aromatic carbocycles. The maximum atomic E-state index is 13.4. The SMILES string of the molecule is Nc1ccc(F)c(S(=O)(=O)NCC2(O)CCC2)c1. The third kappa shape index (κ3) is 2.63. The molecule has 0 aromatic heterocycles. The number of hydrogen-bond acceptors (Lipinski definition) is 4. The number of benzene rings is 1. The average Bonchev–Trinajstić information content (AvgIpc) is 2.27. The van der Waals surface area contributed by atoms with Crippen molar-refractivity contribution >= 4 is 15.7 Å². The van der Waals surface area contributed by atoms with Gasteiger partial charge in [0.2, 0.25) is 10.0 Å². The Kier molecular flexibility index (Phi) is 3.31. The van der Waals surface area contributed by atoms with Crippen LogP contribution in [0.15, 0.2) is 23.1 Å². The normalized spacial score (nSPS) is 18.3. The van der Waals surface area contributed by atoms with Gasteiger partial charge in [-0.05, 0) is 37.5 Å². The lowest BCUT2D eigenvalue weighted by Crippen LogP contribution is -2.47. The van der Waals surface area contributed by atoms with Gasteiger partial charge < -0.3 is 10.8 Å². The predicted octanol–water partition coefficient (Wildman–Crippen LogP) is 0.601. The molecule has 4 N–H and O–H groups in total. The molecule has 100 valence electrons. The fourth-order valence-corrected chi connectivity index (χ4v) is 3.02. The maximum Gasteiger partial charge on any atom is 0.243 e. The van der Waals surface area contributed by atoms with Crippen molar-refractivity contribution in [2.24, 2.45) is 0 Å². The van der Waals surface area contributed by atoms with Crippen molar-refractivity contribution in [2.75, 3.05) is 12.3 Å². The monoisotopic (exact) mass is 274 g/mol. The highest BCUT2D eigenvalue weighted by atomic mass is 32.2. The van der Waals surface area contributed by atoms with E-state index in [1.165, 1.54) is 6.07 Å². The highest BCUT2D eigenvalue weighted by Gasteiger charge is 2.35. The van der Waals surface area contributed by atoms with Gasteiger partial charge in [0.25, 0.3) is 0 Å². The van der Waals surface area contributed by atoms with Crippen molar-refractivity contribution in [1.82, 2.24) is 4.72 Å². The van der Waals surface area contributed by atoms with Crippen molar-refractivity contribution < 1.29 is 17.9 Å². The summed E-state index contributed by atoms with van der Waals surface area (Å²) in [6, 6.07) is 3.35. The number of sulfonamides is 1. The zero-order valence-electron chi connectivity index (χ0n) is 9.69. The molecule has 0 unspecified atom stereocenters. The largest absolute Gasteiger partial charge is 0.399 e. The number of anilines is 1. The maximum absolute atomic E-state index is 13.4. The zero-order valence-corrected chi connectivity index (χ0v) is 10.5. The van der Waals surface area contributed by atoms with E-state index in [1.807, 2.05) is 0 Å². The lowest BCUT2D eigenvalue weighted by Gasteiger charge is -2.36. The Morgan fingerprint density at radius 1 is 1.44 bits per heavy atom. The van der Waals surface area contributed by atoms with E-state index in [0.29, 0.717) is 12.8 Å². The second-order valence-corrected chi connectivity index (χ2v) is 6.33. The highest BCUT2D eigenvalue weighted by molar-refractivity contribution is 7.89. The van der Waals surface area contributed by atoms with Crippen molar-refractivity contribution in [1.29, 1.82) is 0 Å². The van der Waals surface area contributed by atoms with Gasteiger partial charge in [-0.15, -0.1) is 0 Å². The van der Waals surface area contributed by atoms with Gasteiger partial charge in [-0.3, -0.25) is 0 Å². The average molecular weight is 274 g/mol. The zero-order chi connectivity index (χ0) is 13.4. The van der Waals surface area contributed by atoms with E-state index in [9.17, 15) is 17.9 Å². The molecular weight excluding hydrogens is 259 g/mol. The van der Waals surface area contributed by atoms with Gasteiger partial charge in [0.15, 0.2) is 0 Å². The highest BCUT2D eigenvalue weighted by Crippen LogP contribution is 2.31. The number of nitrogens with two attached hydrogens (primary N) is 1. The Hall–Kier alpha value is -1.18. The smallest absolute Gasteiger partial charge is 0.243 e. The summed E-state index contributed by atoms with van der Waals surface area (Å²) in [5.41, 5.74) is 4.60. The molecule has 0 amide bonds. The summed E-state index contributed by atoms with van der Waals surface area (Å²) >= 11 is 0. The number of hydrogen-bond donors (Lipinski definition) is 3. The Balaban J connectivity index is 2.17. The van der Waals surface area contributed by atoms with E-state index in [1.54, 1.807) is 0 Å². The Morgan fingerprint density at radius 2 is 2.11 bits per heavy atom. The minimum atomic E-state index is -3.99. The standard InChI is InChI=1S/C11H15FN2O3S/c12-9-3-2-8(13)6-10(9)18(16,17)14-7-11(15)4-1-5-11/h2-3,6,14-15H,1,4-5,7,13H2. The molecule has 1 aliphatic carbocycles. The second-order valence-electron chi connectivity index (χ2n) is 4.59. The first kappa shape index (κ1) is 13.3. The number of nitrogen functional groups attached to an aromatic ring is 1. The van der Waals surface area contributed by atoms with Crippen LogP contribution in [0.3, 0.4) is 0 Å². The molecule has 0 atom stereocenters. The Bertz CT molecular complexity index is 555. The lowest BCUT2D eigenvalue weighted by molar-refractivity contribution is -0.0271. The predicted molar refractivity (Wildman–Crippen MR) is 64.8 cm³/mol. The molecule has 0 aliphatic heterocycles. The summed E-state index contributed by atoms with van der Waals surface area (Å²) in [4.78, 5) is -0.495. The summed E-state index contributed by atoms with van der Waals surface area (Å²) in [6.07, 6.45) is 1.97. The quantitative estimate of drug-likeness (QED) is 0.701. The summed E-state index contributed by atoms with van der Waals surface area (Å²) in [5.74, 6) is -0.864. The molecule has 1 saturated carbocycles. The Labute approximate surface area is 105 Å². The van der Waals surface area contributed by atoms with E-state index in [-0.39, 0.29) is 12.2 Å². The molecule has 0 spiro atoms. The minimum Gasteiger partial charge on any atom is -0.399 e. The van der Waals surface area contributed by atoms with Crippen molar-refractivity contribution in [3.05, 3.63) is 24.0 Å². The van der Waals surface area contributed by atoms with Crippen LogP contribution in [0.2, 0.25) is 0 Å². The van der Waals surface area contributed by atoms with Gasteiger partial charge >= 0.3 is 0 Å². The third-order valence-corrected chi connectivity index (χ3v) is 4.54. The molecule has 1 fully saturated rings. The second kappa shape index (κ2) is 4.49. The molecule has 0 heterocycles. The van der Waals surface area contributed by atoms with Crippen LogP contribution in [0.4, 0.5) is 10.1 Å². The van der Waals surface area contributed by atoms with Gasteiger partial charge in [0.1, 0.15) is 10.7 Å². The van der Waals surface area contributed by atoms with Gasteiger partial charge in [-0.25, -0.2) is 17.5 Å². The first-order valence-electron chi connectivity index (χ1n) is 5.60. The fraction of sp³-hybridized carbons (Fsp3) is 0.455. The fourth-order valence-electron chi connectivity index (χ4n) is 1.79. The number of rotatable bonds is 4. The number of nitrogens with one attached hydrogen (secondary N) is 1. The summed E-state index contributed by atoms with van der Waals surface area (Å²) in [5, 5.41) is 9.80. The van der Waals surface area contributed by atoms with Crippen molar-refractivity contribution in [3.8, 4) is 0 Å². The van der Waals surface area contributed by atoms with Crippen LogP contribution in [-0.4, -0.2) is 25.7 Å². The molecule has 5 nitrogen and oxygen atoms in total. The van der Waals surface area contributed by atoms with E-state index in [4.69, 9.17) is 5.73 Å². The van der Waals surface area contributed by atoms with Crippen LogP contribution >= 0.6 is 0 Å². The van der Waals surface area contributed by atoms with Gasteiger partial charge in [-0.2, -0.15) is 0 Å². The lowest BCUT2D eigenvalue weighted by atomic mass is 9.81. The molecular formula is C11H15FN2O3S. The van der Waals surface area contributed by atoms with Crippen molar-refractivity contribution in [2.45, 2.75) is 29.8 Å². The summed E-state index contributed by atoms with van der Waals surface area (Å²) in [7, 11) is -3.99.